The van der Waals surface area contributed by atoms with Crippen LogP contribution in [0.4, 0.5) is 5.69 Å². The van der Waals surface area contributed by atoms with Gasteiger partial charge in [-0.2, -0.15) is 5.06 Å². The minimum atomic E-state index is 0. The van der Waals surface area contributed by atoms with E-state index in [0.29, 0.717) is 6.54 Å². The zero-order valence-corrected chi connectivity index (χ0v) is 22.3. The maximum absolute atomic E-state index is 8.83. The number of hydrogen-bond acceptors (Lipinski definition) is 5. The van der Waals surface area contributed by atoms with Crippen molar-refractivity contribution in [2.24, 2.45) is 0 Å². The van der Waals surface area contributed by atoms with Crippen molar-refractivity contribution < 1.29 is 37.9 Å². The van der Waals surface area contributed by atoms with Gasteiger partial charge in [-0.15, -0.1) is 6.54 Å². The molecule has 0 unspecified atom stereocenters. The third-order valence-corrected chi connectivity index (χ3v) is 6.77. The molecule has 1 fully saturated rings. The second-order valence-corrected chi connectivity index (χ2v) is 8.96. The number of para-hydroxylation sites is 1. The van der Waals surface area contributed by atoms with Crippen molar-refractivity contribution in [1.29, 1.82) is 0 Å². The van der Waals surface area contributed by atoms with E-state index in [1.807, 2.05) is 0 Å². The molecule has 33 heavy (non-hydrogen) atoms. The number of aryl methyl sites for hydroxylation is 1. The van der Waals surface area contributed by atoms with Gasteiger partial charge in [-0.3, -0.25) is 0 Å². The molecule has 6 rings (SSSR count). The molecule has 1 radical (unpaired) electrons. The second-order valence-electron chi connectivity index (χ2n) is 8.96. The summed E-state index contributed by atoms with van der Waals surface area (Å²) in [5.74, 6) is 0. The molecule has 1 saturated heterocycles. The number of anilines is 1. The number of piperazine rings is 1. The molecule has 0 spiro atoms. The average molecular weight is 522 g/mol. The Labute approximate surface area is 220 Å². The van der Waals surface area contributed by atoms with Gasteiger partial charge >= 0.3 is 0 Å². The molecule has 0 atom stereocenters. The van der Waals surface area contributed by atoms with Gasteiger partial charge < -0.3 is 25.3 Å². The third kappa shape index (κ3) is 4.90. The van der Waals surface area contributed by atoms with E-state index < -0.39 is 0 Å². The van der Waals surface area contributed by atoms with E-state index >= 15 is 0 Å². The Kier molecular flexibility index (Phi) is 8.21. The van der Waals surface area contributed by atoms with Crippen LogP contribution in [0.5, 0.6) is 0 Å². The molecular weight excluding hydrogens is 489 g/mol. The predicted molar refractivity (Wildman–Crippen MR) is 132 cm³/mol. The number of pyridine rings is 1. The molecule has 1 aliphatic carbocycles. The van der Waals surface area contributed by atoms with Crippen LogP contribution in [-0.4, -0.2) is 77.6 Å². The van der Waals surface area contributed by atoms with Crippen molar-refractivity contribution in [2.75, 3.05) is 57.8 Å². The summed E-state index contributed by atoms with van der Waals surface area (Å²) in [7, 11) is 2.06. The third-order valence-electron chi connectivity index (χ3n) is 6.77. The summed E-state index contributed by atoms with van der Waals surface area (Å²) in [5, 5.41) is 14.1. The monoisotopic (exact) mass is 522 g/mol. The van der Waals surface area contributed by atoms with Crippen LogP contribution in [0.1, 0.15) is 19.3 Å². The largest absolute Gasteiger partial charge is 0.676 e. The van der Waals surface area contributed by atoms with Crippen LogP contribution in [0, 0.1) is 0 Å². The second kappa shape index (κ2) is 10.9. The molecule has 173 valence electrons. The van der Waals surface area contributed by atoms with Gasteiger partial charge in [0.25, 0.3) is 0 Å². The van der Waals surface area contributed by atoms with Crippen molar-refractivity contribution in [3.8, 4) is 0 Å². The molecule has 3 aliphatic rings. The maximum Gasteiger partial charge on any atom is 0.0985 e. The molecular formula is C25H33N6OY-. The standard InChI is InChI=1S/C20H21N4.C5H12N2O.Y/c21-10-13-23-11-5-12-24-17-9-4-2-7-15(17)18-20(24)19(23)14-6-1-3-8-16(14)22-18;1-6-2-4-7(8)5-3-6;/h1,3,6-9,21H,2,4-5,10-13H2;8H,2-5H2,1H3;/q-1;;. The number of likely N-dealkylation sites (N-methyl/N-ethyl adjacent to an activating group) is 1. The topological polar surface area (TPSA) is 71.6 Å². The van der Waals surface area contributed by atoms with Gasteiger partial charge in [0.2, 0.25) is 0 Å². The van der Waals surface area contributed by atoms with Crippen LogP contribution in [-0.2, 0) is 39.3 Å². The Bertz CT molecular complexity index is 1220. The number of nitrogens with one attached hydrogen (secondary N) is 1. The predicted octanol–water partition coefficient (Wildman–Crippen LogP) is 2.43. The van der Waals surface area contributed by atoms with E-state index in [1.165, 1.54) is 32.2 Å². The fourth-order valence-corrected chi connectivity index (χ4v) is 5.12. The maximum atomic E-state index is 8.83. The zero-order chi connectivity index (χ0) is 22.1. The Morgan fingerprint density at radius 2 is 1.76 bits per heavy atom. The minimum absolute atomic E-state index is 0. The van der Waals surface area contributed by atoms with Crippen molar-refractivity contribution >= 4 is 39.8 Å². The van der Waals surface area contributed by atoms with Crippen molar-refractivity contribution in [1.82, 2.24) is 19.5 Å². The van der Waals surface area contributed by atoms with Crippen molar-refractivity contribution in [3.05, 3.63) is 40.6 Å². The SMILES string of the molecule is CN1CCN(O)CC1.[NH-]CCN1CCCn2c3c(c4nc5ccccc5c1c42)=CCCC=3.[Y]. The first-order chi connectivity index (χ1) is 15.7. The number of aromatic nitrogens is 2. The zero-order valence-electron chi connectivity index (χ0n) is 19.5. The Balaban J connectivity index is 0.000000247. The molecule has 2 aliphatic heterocycles. The summed E-state index contributed by atoms with van der Waals surface area (Å²) in [5.41, 5.74) is 12.5. The van der Waals surface area contributed by atoms with E-state index in [4.69, 9.17) is 15.9 Å². The number of fused-ring (bicyclic) bond motifs is 5. The summed E-state index contributed by atoms with van der Waals surface area (Å²) in [6.45, 7) is 6.81. The Morgan fingerprint density at radius 3 is 2.52 bits per heavy atom. The molecule has 2 aromatic heterocycles. The average Bonchev–Trinajstić information content (AvgIpc) is 2.99. The van der Waals surface area contributed by atoms with Gasteiger partial charge in [-0.1, -0.05) is 30.4 Å². The Morgan fingerprint density at radius 1 is 1.00 bits per heavy atom. The number of hydrogen-bond donors (Lipinski definition) is 1. The van der Waals surface area contributed by atoms with Crippen LogP contribution < -0.4 is 15.5 Å². The molecule has 3 aromatic rings. The smallest absolute Gasteiger partial charge is 0.0985 e. The van der Waals surface area contributed by atoms with Crippen LogP contribution >= 0.6 is 0 Å². The Hall–Kier alpha value is -1.35. The number of hydroxylamine groups is 2. The van der Waals surface area contributed by atoms with E-state index in [-0.39, 0.29) is 32.7 Å². The van der Waals surface area contributed by atoms with Crippen LogP contribution in [0.25, 0.3) is 39.8 Å². The van der Waals surface area contributed by atoms with E-state index in [0.717, 1.165) is 76.1 Å². The summed E-state index contributed by atoms with van der Waals surface area (Å²) < 4.78 is 2.49. The van der Waals surface area contributed by atoms with Crippen molar-refractivity contribution in [3.63, 3.8) is 0 Å². The summed E-state index contributed by atoms with van der Waals surface area (Å²) in [6, 6.07) is 8.47. The molecule has 8 heteroatoms. The first-order valence-electron chi connectivity index (χ1n) is 11.8. The van der Waals surface area contributed by atoms with Gasteiger partial charge in [0.15, 0.2) is 0 Å². The first kappa shape index (κ1) is 24.8. The number of rotatable bonds is 2. The molecule has 0 bridgehead atoms. The fraction of sp³-hybridized carbons (Fsp3) is 0.480. The van der Waals surface area contributed by atoms with E-state index in [9.17, 15) is 0 Å². The quantitative estimate of drug-likeness (QED) is 0.560. The van der Waals surface area contributed by atoms with Crippen LogP contribution in [0.3, 0.4) is 0 Å². The van der Waals surface area contributed by atoms with Gasteiger partial charge in [0.05, 0.1) is 22.2 Å². The van der Waals surface area contributed by atoms with Gasteiger partial charge in [-0.25, -0.2) is 4.98 Å². The van der Waals surface area contributed by atoms with E-state index in [2.05, 4.69) is 57.8 Å². The number of nitrogens with zero attached hydrogens (tertiary/aromatic N) is 5. The molecule has 4 heterocycles. The minimum Gasteiger partial charge on any atom is -0.676 e. The number of benzene rings is 1. The van der Waals surface area contributed by atoms with Crippen LogP contribution in [0.2, 0.25) is 0 Å². The van der Waals surface area contributed by atoms with Crippen LogP contribution in [0.15, 0.2) is 24.3 Å². The molecule has 7 nitrogen and oxygen atoms in total. The normalized spacial score (nSPS) is 18.5. The molecule has 1 aromatic carbocycles. The summed E-state index contributed by atoms with van der Waals surface area (Å²) >= 11 is 0. The fourth-order valence-electron chi connectivity index (χ4n) is 5.12. The van der Waals surface area contributed by atoms with Gasteiger partial charge in [-0.05, 0) is 38.9 Å². The van der Waals surface area contributed by atoms with Gasteiger partial charge in [0, 0.05) is 87.9 Å². The first-order valence-corrected chi connectivity index (χ1v) is 11.8. The van der Waals surface area contributed by atoms with Crippen molar-refractivity contribution in [2.45, 2.75) is 25.8 Å². The molecule has 0 saturated carbocycles. The van der Waals surface area contributed by atoms with E-state index in [1.54, 1.807) is 0 Å². The van der Waals surface area contributed by atoms with Gasteiger partial charge in [0.1, 0.15) is 0 Å². The molecule has 2 N–H and O–H groups in total. The summed E-state index contributed by atoms with van der Waals surface area (Å²) in [6.07, 6.45) is 8.08. The summed E-state index contributed by atoms with van der Waals surface area (Å²) in [4.78, 5) is 9.66. The molecule has 0 amide bonds.